The zero-order chi connectivity index (χ0) is 13.1. The van der Waals surface area contributed by atoms with Crippen LogP contribution in [0.15, 0.2) is 0 Å². The van der Waals surface area contributed by atoms with Crippen LogP contribution in [0.5, 0.6) is 0 Å². The van der Waals surface area contributed by atoms with Crippen LogP contribution in [0, 0.1) is 11.3 Å². The molecule has 0 aliphatic heterocycles. The van der Waals surface area contributed by atoms with Gasteiger partial charge in [0.15, 0.2) is 0 Å². The zero-order valence-electron chi connectivity index (χ0n) is 11.1. The van der Waals surface area contributed by atoms with Gasteiger partial charge in [0.25, 0.3) is 0 Å². The van der Waals surface area contributed by atoms with E-state index in [1.807, 2.05) is 13.0 Å². The van der Waals surface area contributed by atoms with E-state index < -0.39 is 5.54 Å². The van der Waals surface area contributed by atoms with Gasteiger partial charge in [0.1, 0.15) is 5.54 Å². The number of nitrogens with two attached hydrogens (primary N) is 1. The molecule has 0 aliphatic rings. The smallest absolute Gasteiger partial charge is 0.103 e. The quantitative estimate of drug-likeness (QED) is 0.582. The molecule has 0 aromatic heterocycles. The van der Waals surface area contributed by atoms with Crippen LogP contribution in [0.2, 0.25) is 0 Å². The molecule has 0 spiro atoms. The summed E-state index contributed by atoms with van der Waals surface area (Å²) in [5.74, 6) is 0. The van der Waals surface area contributed by atoms with Crippen LogP contribution >= 0.6 is 0 Å². The van der Waals surface area contributed by atoms with Gasteiger partial charge in [0, 0.05) is 26.7 Å². The highest BCUT2D eigenvalue weighted by molar-refractivity contribution is 5.01. The highest BCUT2D eigenvalue weighted by Crippen LogP contribution is 2.09. The van der Waals surface area contributed by atoms with E-state index in [0.717, 1.165) is 6.42 Å². The van der Waals surface area contributed by atoms with Gasteiger partial charge in [-0.15, -0.1) is 0 Å². The maximum atomic E-state index is 8.77. The predicted octanol–water partition coefficient (Wildman–Crippen LogP) is 1.08. The summed E-state index contributed by atoms with van der Waals surface area (Å²) in [5.41, 5.74) is 4.90. The van der Waals surface area contributed by atoms with Crippen molar-refractivity contribution in [2.24, 2.45) is 5.73 Å². The molecule has 0 amide bonds. The van der Waals surface area contributed by atoms with E-state index in [9.17, 15) is 0 Å². The average molecular weight is 244 g/mol. The SMILES string of the molecule is COCCCOCCOC(C)CC(C)(N)C#N. The Morgan fingerprint density at radius 2 is 2.00 bits per heavy atom. The Bertz CT molecular complexity index is 226. The highest BCUT2D eigenvalue weighted by atomic mass is 16.5. The standard InChI is InChI=1S/C12H24N2O3/c1-11(9-12(2,14)10-13)17-8-7-16-6-4-5-15-3/h11H,4-9,14H2,1-3H3. The molecule has 0 heterocycles. The molecular formula is C12H24N2O3. The van der Waals surface area contributed by atoms with Gasteiger partial charge in [-0.05, 0) is 20.3 Å². The van der Waals surface area contributed by atoms with Crippen molar-refractivity contribution in [3.63, 3.8) is 0 Å². The summed E-state index contributed by atoms with van der Waals surface area (Å²) < 4.78 is 15.7. The van der Waals surface area contributed by atoms with Gasteiger partial charge < -0.3 is 19.9 Å². The lowest BCUT2D eigenvalue weighted by Crippen LogP contribution is -2.38. The molecule has 0 bridgehead atoms. The number of nitriles is 1. The largest absolute Gasteiger partial charge is 0.385 e. The van der Waals surface area contributed by atoms with E-state index in [1.54, 1.807) is 14.0 Å². The molecule has 17 heavy (non-hydrogen) atoms. The van der Waals surface area contributed by atoms with Crippen molar-refractivity contribution >= 4 is 0 Å². The summed E-state index contributed by atoms with van der Waals surface area (Å²) in [5, 5.41) is 8.77. The lowest BCUT2D eigenvalue weighted by Gasteiger charge is -2.20. The molecule has 5 nitrogen and oxygen atoms in total. The Hall–Kier alpha value is -0.670. The number of hydrogen-bond donors (Lipinski definition) is 1. The third-order valence-corrected chi connectivity index (χ3v) is 2.23. The second-order valence-electron chi connectivity index (χ2n) is 4.37. The zero-order valence-corrected chi connectivity index (χ0v) is 11.1. The summed E-state index contributed by atoms with van der Waals surface area (Å²) in [6.07, 6.45) is 1.38. The molecular weight excluding hydrogens is 220 g/mol. The van der Waals surface area contributed by atoms with Crippen molar-refractivity contribution in [3.8, 4) is 6.07 Å². The normalized spacial score (nSPS) is 16.2. The van der Waals surface area contributed by atoms with Crippen LogP contribution < -0.4 is 5.73 Å². The van der Waals surface area contributed by atoms with Gasteiger partial charge in [-0.25, -0.2) is 0 Å². The van der Waals surface area contributed by atoms with Crippen LogP contribution in [0.3, 0.4) is 0 Å². The molecule has 0 saturated heterocycles. The minimum atomic E-state index is -0.821. The number of hydrogen-bond acceptors (Lipinski definition) is 5. The van der Waals surface area contributed by atoms with Crippen LogP contribution in [0.25, 0.3) is 0 Å². The number of methoxy groups -OCH3 is 1. The van der Waals surface area contributed by atoms with Gasteiger partial charge in [-0.3, -0.25) is 0 Å². The second kappa shape index (κ2) is 9.37. The predicted molar refractivity (Wildman–Crippen MR) is 65.5 cm³/mol. The third-order valence-electron chi connectivity index (χ3n) is 2.23. The molecule has 5 heteroatoms. The number of nitrogens with zero attached hydrogens (tertiary/aromatic N) is 1. The molecule has 100 valence electrons. The minimum absolute atomic E-state index is 0.0350. The van der Waals surface area contributed by atoms with Crippen molar-refractivity contribution < 1.29 is 14.2 Å². The van der Waals surface area contributed by atoms with Crippen molar-refractivity contribution in [2.75, 3.05) is 33.5 Å². The van der Waals surface area contributed by atoms with Gasteiger partial charge in [0.2, 0.25) is 0 Å². The molecule has 0 aromatic carbocycles. The van der Waals surface area contributed by atoms with E-state index >= 15 is 0 Å². The van der Waals surface area contributed by atoms with Gasteiger partial charge >= 0.3 is 0 Å². The Kier molecular flexibility index (Phi) is 9.00. The molecule has 0 radical (unpaired) electrons. The molecule has 0 rings (SSSR count). The highest BCUT2D eigenvalue weighted by Gasteiger charge is 2.21. The minimum Gasteiger partial charge on any atom is -0.385 e. The third kappa shape index (κ3) is 10.2. The Morgan fingerprint density at radius 3 is 2.59 bits per heavy atom. The van der Waals surface area contributed by atoms with Crippen LogP contribution in [0.4, 0.5) is 0 Å². The van der Waals surface area contributed by atoms with Crippen molar-refractivity contribution in [1.29, 1.82) is 5.26 Å². The van der Waals surface area contributed by atoms with Crippen LogP contribution in [0.1, 0.15) is 26.7 Å². The monoisotopic (exact) mass is 244 g/mol. The lowest BCUT2D eigenvalue weighted by molar-refractivity contribution is 0.00122. The first-order valence-electron chi connectivity index (χ1n) is 5.90. The molecule has 0 aliphatic carbocycles. The number of rotatable bonds is 10. The van der Waals surface area contributed by atoms with Crippen molar-refractivity contribution in [1.82, 2.24) is 0 Å². The van der Waals surface area contributed by atoms with Crippen LogP contribution in [-0.2, 0) is 14.2 Å². The molecule has 2 N–H and O–H groups in total. The van der Waals surface area contributed by atoms with E-state index in [2.05, 4.69) is 0 Å². The lowest BCUT2D eigenvalue weighted by atomic mass is 9.98. The van der Waals surface area contributed by atoms with E-state index in [1.165, 1.54) is 0 Å². The van der Waals surface area contributed by atoms with Gasteiger partial charge in [0.05, 0.1) is 25.4 Å². The van der Waals surface area contributed by atoms with Crippen LogP contribution in [-0.4, -0.2) is 45.2 Å². The summed E-state index contributed by atoms with van der Waals surface area (Å²) >= 11 is 0. The first-order valence-corrected chi connectivity index (χ1v) is 5.90. The van der Waals surface area contributed by atoms with Crippen molar-refractivity contribution in [3.05, 3.63) is 0 Å². The summed E-state index contributed by atoms with van der Waals surface area (Å²) in [7, 11) is 1.67. The number of ether oxygens (including phenoxy) is 3. The second-order valence-corrected chi connectivity index (χ2v) is 4.37. The summed E-state index contributed by atoms with van der Waals surface area (Å²) in [6.45, 7) is 6.09. The average Bonchev–Trinajstić information content (AvgIpc) is 2.27. The van der Waals surface area contributed by atoms with E-state index in [-0.39, 0.29) is 6.10 Å². The maximum Gasteiger partial charge on any atom is 0.103 e. The first kappa shape index (κ1) is 16.3. The van der Waals surface area contributed by atoms with Gasteiger partial charge in [-0.2, -0.15) is 5.26 Å². The van der Waals surface area contributed by atoms with Crippen molar-refractivity contribution in [2.45, 2.75) is 38.3 Å². The Morgan fingerprint density at radius 1 is 1.29 bits per heavy atom. The molecule has 2 atom stereocenters. The maximum absolute atomic E-state index is 8.77. The molecule has 2 unspecified atom stereocenters. The van der Waals surface area contributed by atoms with Gasteiger partial charge in [-0.1, -0.05) is 0 Å². The topological polar surface area (TPSA) is 77.5 Å². The summed E-state index contributed by atoms with van der Waals surface area (Å²) in [4.78, 5) is 0. The van der Waals surface area contributed by atoms with E-state index in [0.29, 0.717) is 32.8 Å². The summed E-state index contributed by atoms with van der Waals surface area (Å²) in [6, 6.07) is 2.05. The molecule has 0 aromatic rings. The Labute approximate surface area is 104 Å². The molecule has 0 saturated carbocycles. The fourth-order valence-electron chi connectivity index (χ4n) is 1.42. The molecule has 0 fully saturated rings. The Balaban J connectivity index is 3.40. The fourth-order valence-corrected chi connectivity index (χ4v) is 1.42. The fraction of sp³-hybridized carbons (Fsp3) is 0.917. The first-order chi connectivity index (χ1) is 8.02. The van der Waals surface area contributed by atoms with E-state index in [4.69, 9.17) is 25.2 Å².